The van der Waals surface area contributed by atoms with Crippen LogP contribution in [0.3, 0.4) is 0 Å². The number of hydrogen-bond donors (Lipinski definition) is 1. The first kappa shape index (κ1) is 11.1. The quantitative estimate of drug-likeness (QED) is 0.479. The van der Waals surface area contributed by atoms with E-state index in [0.717, 1.165) is 12.8 Å². The van der Waals surface area contributed by atoms with Crippen molar-refractivity contribution in [1.82, 2.24) is 0 Å². The molecule has 0 aromatic carbocycles. The molecule has 0 saturated carbocycles. The van der Waals surface area contributed by atoms with Crippen molar-refractivity contribution in [2.45, 2.75) is 45.6 Å². The van der Waals surface area contributed by atoms with Crippen LogP contribution in [0.25, 0.3) is 0 Å². The Kier molecular flexibility index (Phi) is 7.65. The Hall–Kier alpha value is -0.860. The third kappa shape index (κ3) is 5.89. The molecular formula is C9H19N3. The molecule has 3 nitrogen and oxygen atoms in total. The Morgan fingerprint density at radius 3 is 2.25 bits per heavy atom. The minimum atomic E-state index is 0.434. The van der Waals surface area contributed by atoms with Crippen LogP contribution in [-0.4, -0.2) is 18.7 Å². The zero-order valence-electron chi connectivity index (χ0n) is 8.03. The van der Waals surface area contributed by atoms with Gasteiger partial charge < -0.3 is 5.73 Å². The van der Waals surface area contributed by atoms with Gasteiger partial charge in [-0.15, -0.1) is 0 Å². The predicted molar refractivity (Wildman–Crippen MR) is 54.8 cm³/mol. The van der Waals surface area contributed by atoms with Crippen LogP contribution < -0.4 is 5.73 Å². The topological polar surface area (TPSA) is 50.7 Å². The summed E-state index contributed by atoms with van der Waals surface area (Å²) in [6.07, 6.45) is 7.45. The SMILES string of the molecule is CCCC(CCC)N=CN=CN. The highest BCUT2D eigenvalue weighted by atomic mass is 14.9. The second kappa shape index (κ2) is 8.24. The Balaban J connectivity index is 3.75. The standard InChI is InChI=1S/C9H19N3/c1-3-5-9(6-4-2)12-8-11-7-10/h7-9H,3-6H2,1-2H3,(H2,10,11,12). The van der Waals surface area contributed by atoms with Crippen LogP contribution in [0, 0.1) is 0 Å². The van der Waals surface area contributed by atoms with E-state index in [1.807, 2.05) is 0 Å². The average molecular weight is 169 g/mol. The van der Waals surface area contributed by atoms with Crippen molar-refractivity contribution < 1.29 is 0 Å². The van der Waals surface area contributed by atoms with Crippen molar-refractivity contribution in [3.63, 3.8) is 0 Å². The fourth-order valence-electron chi connectivity index (χ4n) is 1.13. The van der Waals surface area contributed by atoms with Gasteiger partial charge in [-0.3, -0.25) is 4.99 Å². The van der Waals surface area contributed by atoms with E-state index in [1.54, 1.807) is 6.34 Å². The molecule has 0 aromatic rings. The van der Waals surface area contributed by atoms with E-state index in [1.165, 1.54) is 19.2 Å². The van der Waals surface area contributed by atoms with Gasteiger partial charge in [-0.2, -0.15) is 0 Å². The second-order valence-corrected chi connectivity index (χ2v) is 2.79. The lowest BCUT2D eigenvalue weighted by Crippen LogP contribution is -2.03. The minimum absolute atomic E-state index is 0.434. The van der Waals surface area contributed by atoms with Crippen LogP contribution in [0.15, 0.2) is 9.98 Å². The van der Waals surface area contributed by atoms with Crippen molar-refractivity contribution in [1.29, 1.82) is 0 Å². The summed E-state index contributed by atoms with van der Waals surface area (Å²) in [4.78, 5) is 8.03. The van der Waals surface area contributed by atoms with Crippen molar-refractivity contribution in [2.75, 3.05) is 0 Å². The summed E-state index contributed by atoms with van der Waals surface area (Å²) in [5, 5.41) is 0. The molecule has 12 heavy (non-hydrogen) atoms. The lowest BCUT2D eigenvalue weighted by atomic mass is 10.1. The third-order valence-corrected chi connectivity index (χ3v) is 1.67. The summed E-state index contributed by atoms with van der Waals surface area (Å²) < 4.78 is 0. The number of rotatable bonds is 6. The van der Waals surface area contributed by atoms with Gasteiger partial charge in [0, 0.05) is 0 Å². The monoisotopic (exact) mass is 169 g/mol. The lowest BCUT2D eigenvalue weighted by molar-refractivity contribution is 0.557. The smallest absolute Gasteiger partial charge is 0.111 e. The van der Waals surface area contributed by atoms with Crippen molar-refractivity contribution >= 4 is 12.7 Å². The van der Waals surface area contributed by atoms with E-state index in [-0.39, 0.29) is 0 Å². The van der Waals surface area contributed by atoms with Gasteiger partial charge in [-0.05, 0) is 12.8 Å². The Labute approximate surface area is 74.8 Å². The first-order valence-corrected chi connectivity index (χ1v) is 4.60. The van der Waals surface area contributed by atoms with E-state index in [9.17, 15) is 0 Å². The molecule has 0 amide bonds. The summed E-state index contributed by atoms with van der Waals surface area (Å²) in [6.45, 7) is 4.34. The summed E-state index contributed by atoms with van der Waals surface area (Å²) in [7, 11) is 0. The van der Waals surface area contributed by atoms with E-state index < -0.39 is 0 Å². The fourth-order valence-corrected chi connectivity index (χ4v) is 1.13. The molecule has 2 N–H and O–H groups in total. The first-order valence-electron chi connectivity index (χ1n) is 4.60. The molecule has 0 radical (unpaired) electrons. The zero-order valence-corrected chi connectivity index (χ0v) is 8.03. The van der Waals surface area contributed by atoms with Gasteiger partial charge in [0.15, 0.2) is 0 Å². The van der Waals surface area contributed by atoms with Gasteiger partial charge in [-0.1, -0.05) is 26.7 Å². The molecule has 0 heterocycles. The minimum Gasteiger partial charge on any atom is -0.390 e. The van der Waals surface area contributed by atoms with Crippen LogP contribution in [0.4, 0.5) is 0 Å². The van der Waals surface area contributed by atoms with Gasteiger partial charge in [0.25, 0.3) is 0 Å². The normalized spacial score (nSPS) is 12.2. The molecule has 0 aliphatic carbocycles. The largest absolute Gasteiger partial charge is 0.390 e. The molecule has 0 rings (SSSR count). The number of nitrogens with zero attached hydrogens (tertiary/aromatic N) is 2. The van der Waals surface area contributed by atoms with Crippen LogP contribution in [-0.2, 0) is 0 Å². The van der Waals surface area contributed by atoms with E-state index in [4.69, 9.17) is 5.73 Å². The Morgan fingerprint density at radius 1 is 1.25 bits per heavy atom. The van der Waals surface area contributed by atoms with Crippen molar-refractivity contribution in [3.05, 3.63) is 0 Å². The highest BCUT2D eigenvalue weighted by molar-refractivity contribution is 5.69. The van der Waals surface area contributed by atoms with Gasteiger partial charge in [0.05, 0.1) is 12.4 Å². The van der Waals surface area contributed by atoms with Crippen LogP contribution in [0.1, 0.15) is 39.5 Å². The summed E-state index contributed by atoms with van der Waals surface area (Å²) in [5.74, 6) is 0. The predicted octanol–water partition coefficient (Wildman–Crippen LogP) is 1.97. The van der Waals surface area contributed by atoms with Gasteiger partial charge in [0.1, 0.15) is 6.34 Å². The maximum absolute atomic E-state index is 5.08. The van der Waals surface area contributed by atoms with Crippen LogP contribution in [0.2, 0.25) is 0 Å². The summed E-state index contributed by atoms with van der Waals surface area (Å²) in [5.41, 5.74) is 5.08. The Morgan fingerprint density at radius 2 is 1.83 bits per heavy atom. The fraction of sp³-hybridized carbons (Fsp3) is 0.778. The van der Waals surface area contributed by atoms with Crippen molar-refractivity contribution in [3.8, 4) is 0 Å². The first-order chi connectivity index (χ1) is 5.85. The molecule has 0 saturated heterocycles. The zero-order chi connectivity index (χ0) is 9.23. The molecule has 0 atom stereocenters. The molecule has 0 spiro atoms. The molecule has 3 heteroatoms. The van der Waals surface area contributed by atoms with E-state index in [2.05, 4.69) is 23.8 Å². The van der Waals surface area contributed by atoms with Crippen LogP contribution in [0.5, 0.6) is 0 Å². The molecule has 0 unspecified atom stereocenters. The van der Waals surface area contributed by atoms with E-state index >= 15 is 0 Å². The molecule has 0 aliphatic rings. The van der Waals surface area contributed by atoms with Crippen molar-refractivity contribution in [2.24, 2.45) is 15.7 Å². The second-order valence-electron chi connectivity index (χ2n) is 2.79. The maximum atomic E-state index is 5.08. The molecule has 0 fully saturated rings. The van der Waals surface area contributed by atoms with Gasteiger partial charge >= 0.3 is 0 Å². The summed E-state index contributed by atoms with van der Waals surface area (Å²) in [6, 6.07) is 0.434. The Bertz CT molecular complexity index is 135. The lowest BCUT2D eigenvalue weighted by Gasteiger charge is -2.07. The van der Waals surface area contributed by atoms with Crippen LogP contribution >= 0.6 is 0 Å². The molecule has 70 valence electrons. The molecular weight excluding hydrogens is 150 g/mol. The third-order valence-electron chi connectivity index (χ3n) is 1.67. The number of aliphatic imine (C=N–C) groups is 2. The maximum Gasteiger partial charge on any atom is 0.111 e. The molecule has 0 aromatic heterocycles. The highest BCUT2D eigenvalue weighted by Gasteiger charge is 2.01. The molecule has 0 bridgehead atoms. The van der Waals surface area contributed by atoms with Gasteiger partial charge in [0.2, 0.25) is 0 Å². The number of nitrogens with two attached hydrogens (primary N) is 1. The average Bonchev–Trinajstić information content (AvgIpc) is 2.06. The number of hydrogen-bond acceptors (Lipinski definition) is 1. The van der Waals surface area contributed by atoms with E-state index in [0.29, 0.717) is 6.04 Å². The highest BCUT2D eigenvalue weighted by Crippen LogP contribution is 2.07. The summed E-state index contributed by atoms with van der Waals surface area (Å²) >= 11 is 0. The molecule has 0 aliphatic heterocycles. The van der Waals surface area contributed by atoms with Gasteiger partial charge in [-0.25, -0.2) is 4.99 Å².